The highest BCUT2D eigenvalue weighted by Gasteiger charge is 2.56. The van der Waals surface area contributed by atoms with Gasteiger partial charge in [-0.1, -0.05) is 60.2 Å². The molecular weight excluding hydrogens is 453 g/mol. The Morgan fingerprint density at radius 3 is 2.58 bits per heavy atom. The number of aryl methyl sites for hydroxylation is 1. The van der Waals surface area contributed by atoms with E-state index in [0.717, 1.165) is 33.3 Å². The van der Waals surface area contributed by atoms with Crippen molar-refractivity contribution < 1.29 is 14.0 Å². The second-order valence-corrected chi connectivity index (χ2v) is 10.1. The first-order valence-electron chi connectivity index (χ1n) is 12.4. The number of H-pyrrole nitrogens is 1. The fraction of sp³-hybridized carbons (Fsp3) is 0.267. The Labute approximate surface area is 209 Å². The van der Waals surface area contributed by atoms with Crippen LogP contribution in [0.3, 0.4) is 0 Å². The predicted octanol–water partition coefficient (Wildman–Crippen LogP) is 4.89. The lowest BCUT2D eigenvalue weighted by atomic mass is 9.76. The number of nitrogens with zero attached hydrogens (tertiary/aromatic N) is 2. The molecule has 6 heteroatoms. The summed E-state index contributed by atoms with van der Waals surface area (Å²) in [7, 11) is 0. The van der Waals surface area contributed by atoms with Crippen LogP contribution >= 0.6 is 0 Å². The van der Waals surface area contributed by atoms with Crippen molar-refractivity contribution in [2.45, 2.75) is 31.7 Å². The lowest BCUT2D eigenvalue weighted by molar-refractivity contribution is -0.166. The van der Waals surface area contributed by atoms with Gasteiger partial charge in [0.1, 0.15) is 5.82 Å². The molecule has 0 bridgehead atoms. The van der Waals surface area contributed by atoms with Crippen molar-refractivity contribution in [2.24, 2.45) is 0 Å². The molecule has 3 heterocycles. The molecule has 4 aromatic rings. The van der Waals surface area contributed by atoms with E-state index in [4.69, 9.17) is 0 Å². The number of nitrogens with one attached hydrogen (secondary N) is 1. The van der Waals surface area contributed by atoms with E-state index < -0.39 is 5.54 Å². The lowest BCUT2D eigenvalue weighted by Crippen LogP contribution is -2.67. The largest absolute Gasteiger partial charge is 0.356 e. The maximum atomic E-state index is 14.1. The lowest BCUT2D eigenvalue weighted by Gasteiger charge is -2.51. The average Bonchev–Trinajstić information content (AvgIpc) is 3.27. The van der Waals surface area contributed by atoms with E-state index in [2.05, 4.69) is 42.2 Å². The van der Waals surface area contributed by atoms with Gasteiger partial charge in [-0.25, -0.2) is 4.39 Å². The third-order valence-electron chi connectivity index (χ3n) is 7.86. The zero-order valence-corrected chi connectivity index (χ0v) is 20.4. The third-order valence-corrected chi connectivity index (χ3v) is 7.86. The number of hydrogen-bond donors (Lipinski definition) is 1. The molecular formula is C30H28FN3O2. The molecule has 1 saturated heterocycles. The molecule has 2 atom stereocenters. The molecule has 2 unspecified atom stereocenters. The van der Waals surface area contributed by atoms with E-state index in [9.17, 15) is 14.0 Å². The minimum atomic E-state index is -1.13. The van der Waals surface area contributed by atoms with Crippen LogP contribution in [0.2, 0.25) is 0 Å². The maximum Gasteiger partial charge on any atom is 0.254 e. The summed E-state index contributed by atoms with van der Waals surface area (Å²) >= 11 is 0. The number of aromatic nitrogens is 1. The van der Waals surface area contributed by atoms with Crippen molar-refractivity contribution >= 4 is 22.7 Å². The number of carbonyl (C=O) groups excluding carboxylic acids is 2. The first kappa shape index (κ1) is 22.5. The molecule has 0 aliphatic carbocycles. The SMILES string of the molecule is Cc1ccc(C2CN3C(=O)CN(CCc4cccc(F)c4)C(=O)C3(C)c3[nH]c4ccccc4c32)cc1. The van der Waals surface area contributed by atoms with E-state index in [1.807, 2.05) is 31.2 Å². The maximum absolute atomic E-state index is 14.1. The van der Waals surface area contributed by atoms with E-state index >= 15 is 0 Å². The van der Waals surface area contributed by atoms with Crippen molar-refractivity contribution in [3.8, 4) is 0 Å². The second-order valence-electron chi connectivity index (χ2n) is 10.1. The molecule has 1 fully saturated rings. The number of hydrogen-bond acceptors (Lipinski definition) is 2. The summed E-state index contributed by atoms with van der Waals surface area (Å²) in [5.41, 5.74) is 4.80. The summed E-state index contributed by atoms with van der Waals surface area (Å²) in [6.45, 7) is 4.75. The molecule has 3 aromatic carbocycles. The second kappa shape index (κ2) is 8.33. The van der Waals surface area contributed by atoms with E-state index in [1.54, 1.807) is 15.9 Å². The van der Waals surface area contributed by atoms with Crippen molar-refractivity contribution in [3.05, 3.63) is 107 Å². The smallest absolute Gasteiger partial charge is 0.254 e. The van der Waals surface area contributed by atoms with Crippen LogP contribution in [0.15, 0.2) is 72.8 Å². The van der Waals surface area contributed by atoms with Gasteiger partial charge >= 0.3 is 0 Å². The Hall–Kier alpha value is -3.93. The molecule has 5 nitrogen and oxygen atoms in total. The quantitative estimate of drug-likeness (QED) is 0.451. The van der Waals surface area contributed by atoms with Gasteiger partial charge in [-0.15, -0.1) is 0 Å². The number of benzene rings is 3. The third kappa shape index (κ3) is 3.43. The van der Waals surface area contributed by atoms with Gasteiger partial charge in [-0.2, -0.15) is 0 Å². The number of carbonyl (C=O) groups is 2. The molecule has 1 aromatic heterocycles. The number of aromatic amines is 1. The summed E-state index contributed by atoms with van der Waals surface area (Å²) in [6.07, 6.45) is 0.485. The predicted molar refractivity (Wildman–Crippen MR) is 137 cm³/mol. The van der Waals surface area contributed by atoms with Gasteiger partial charge in [-0.05, 0) is 55.2 Å². The van der Waals surface area contributed by atoms with E-state index in [-0.39, 0.29) is 30.1 Å². The Bertz CT molecular complexity index is 1490. The summed E-state index contributed by atoms with van der Waals surface area (Å²) in [4.78, 5) is 34.6. The minimum absolute atomic E-state index is 0.0277. The Kier molecular flexibility index (Phi) is 5.21. The highest BCUT2D eigenvalue weighted by Crippen LogP contribution is 2.48. The molecule has 182 valence electrons. The van der Waals surface area contributed by atoms with Crippen LogP contribution in [0.1, 0.15) is 40.8 Å². The Morgan fingerprint density at radius 2 is 1.81 bits per heavy atom. The number of halogens is 1. The van der Waals surface area contributed by atoms with Gasteiger partial charge in [0, 0.05) is 29.9 Å². The standard InChI is InChI=1S/C30H28FN3O2/c1-19-10-12-21(13-11-19)24-17-34-26(35)18-33(15-14-20-6-5-7-22(31)16-20)29(36)30(34,2)28-27(24)23-8-3-4-9-25(23)32-28/h3-13,16,24,32H,14-15,17-18H2,1-2H3. The van der Waals surface area contributed by atoms with E-state index in [0.29, 0.717) is 19.5 Å². The zero-order valence-electron chi connectivity index (χ0n) is 20.4. The molecule has 36 heavy (non-hydrogen) atoms. The summed E-state index contributed by atoms with van der Waals surface area (Å²) in [5, 5.41) is 1.08. The monoisotopic (exact) mass is 481 g/mol. The van der Waals surface area contributed by atoms with Crippen molar-refractivity contribution in [3.63, 3.8) is 0 Å². The van der Waals surface area contributed by atoms with Crippen LogP contribution < -0.4 is 0 Å². The zero-order chi connectivity index (χ0) is 25.0. The first-order chi connectivity index (χ1) is 17.4. The van der Waals surface area contributed by atoms with Gasteiger partial charge in [0.2, 0.25) is 5.91 Å². The van der Waals surface area contributed by atoms with Gasteiger partial charge in [0.25, 0.3) is 5.91 Å². The fourth-order valence-electron chi connectivity index (χ4n) is 5.91. The van der Waals surface area contributed by atoms with Gasteiger partial charge in [0.05, 0.1) is 12.2 Å². The Balaban J connectivity index is 1.43. The number of rotatable bonds is 4. The van der Waals surface area contributed by atoms with Crippen LogP contribution in [-0.2, 0) is 21.5 Å². The average molecular weight is 482 g/mol. The topological polar surface area (TPSA) is 56.4 Å². The summed E-state index contributed by atoms with van der Waals surface area (Å²) in [5.74, 6) is -0.518. The van der Waals surface area contributed by atoms with Gasteiger partial charge < -0.3 is 14.8 Å². The molecule has 6 rings (SSSR count). The van der Waals surface area contributed by atoms with Crippen molar-refractivity contribution in [1.82, 2.24) is 14.8 Å². The first-order valence-corrected chi connectivity index (χ1v) is 12.4. The number of amides is 2. The highest BCUT2D eigenvalue weighted by atomic mass is 19.1. The molecule has 2 aliphatic heterocycles. The Morgan fingerprint density at radius 1 is 1.03 bits per heavy atom. The van der Waals surface area contributed by atoms with E-state index in [1.165, 1.54) is 17.7 Å². The minimum Gasteiger partial charge on any atom is -0.356 e. The van der Waals surface area contributed by atoms with Crippen LogP contribution in [0.25, 0.3) is 10.9 Å². The van der Waals surface area contributed by atoms with Crippen molar-refractivity contribution in [2.75, 3.05) is 19.6 Å². The van der Waals surface area contributed by atoms with Crippen LogP contribution in [-0.4, -0.2) is 46.2 Å². The highest BCUT2D eigenvalue weighted by molar-refractivity contribution is 6.01. The van der Waals surface area contributed by atoms with Gasteiger partial charge in [-0.3, -0.25) is 9.59 Å². The molecule has 0 saturated carbocycles. The molecule has 0 radical (unpaired) electrons. The van der Waals surface area contributed by atoms with Gasteiger partial charge in [0.15, 0.2) is 5.54 Å². The molecule has 1 N–H and O–H groups in total. The normalized spacial score (nSPS) is 21.6. The summed E-state index contributed by atoms with van der Waals surface area (Å²) < 4.78 is 13.7. The fourth-order valence-corrected chi connectivity index (χ4v) is 5.91. The molecule has 0 spiro atoms. The number of piperazine rings is 1. The molecule has 2 amide bonds. The van der Waals surface area contributed by atoms with Crippen LogP contribution in [0.4, 0.5) is 4.39 Å². The molecule has 2 aliphatic rings. The number of para-hydroxylation sites is 1. The number of fused-ring (bicyclic) bond motifs is 5. The van der Waals surface area contributed by atoms with Crippen molar-refractivity contribution in [1.29, 1.82) is 0 Å². The van der Waals surface area contributed by atoms with Crippen LogP contribution in [0.5, 0.6) is 0 Å². The van der Waals surface area contributed by atoms with Crippen LogP contribution in [0, 0.1) is 12.7 Å². The summed E-state index contributed by atoms with van der Waals surface area (Å²) in [6, 6.07) is 22.9.